The van der Waals surface area contributed by atoms with Crippen LogP contribution < -0.4 is 10.1 Å². The molecule has 0 atom stereocenters. The van der Waals surface area contributed by atoms with Gasteiger partial charge in [-0.05, 0) is 12.1 Å². The van der Waals surface area contributed by atoms with Gasteiger partial charge in [-0.25, -0.2) is 0 Å². The minimum atomic E-state index is 0.357. The zero-order valence-corrected chi connectivity index (χ0v) is 7.51. The van der Waals surface area contributed by atoms with Crippen molar-refractivity contribution in [2.45, 2.75) is 0 Å². The molecule has 0 aromatic heterocycles. The van der Waals surface area contributed by atoms with E-state index < -0.39 is 0 Å². The van der Waals surface area contributed by atoms with Crippen molar-refractivity contribution < 1.29 is 4.29 Å². The maximum Gasteiger partial charge on any atom is 0.173 e. The SMILES string of the molecule is NN=Cc1cccc(Cl)c1OCl. The number of nitrogens with two attached hydrogens (primary N) is 1. The number of hydrogen-bond acceptors (Lipinski definition) is 3. The highest BCUT2D eigenvalue weighted by Crippen LogP contribution is 2.28. The summed E-state index contributed by atoms with van der Waals surface area (Å²) >= 11 is 10.9. The smallest absolute Gasteiger partial charge is 0.173 e. The minimum absolute atomic E-state index is 0.357. The summed E-state index contributed by atoms with van der Waals surface area (Å²) in [5, 5.41) is 3.75. The van der Waals surface area contributed by atoms with Gasteiger partial charge in [0.15, 0.2) is 5.75 Å². The van der Waals surface area contributed by atoms with Gasteiger partial charge in [0, 0.05) is 5.56 Å². The van der Waals surface area contributed by atoms with E-state index in [0.29, 0.717) is 16.3 Å². The zero-order valence-electron chi connectivity index (χ0n) is 6.00. The second-order valence-corrected chi connectivity index (χ2v) is 2.58. The van der Waals surface area contributed by atoms with E-state index in [1.165, 1.54) is 6.21 Å². The van der Waals surface area contributed by atoms with Crippen LogP contribution >= 0.6 is 23.5 Å². The van der Waals surface area contributed by atoms with E-state index in [9.17, 15) is 0 Å². The standard InChI is InChI=1S/C7H6Cl2N2O/c8-6-3-1-2-5(4-11-10)7(6)12-9/h1-4H,10H2. The van der Waals surface area contributed by atoms with E-state index >= 15 is 0 Å². The number of halogens is 2. The van der Waals surface area contributed by atoms with E-state index in [4.69, 9.17) is 29.3 Å². The lowest BCUT2D eigenvalue weighted by Crippen LogP contribution is -1.90. The summed E-state index contributed by atoms with van der Waals surface area (Å²) in [5.74, 6) is 5.32. The maximum absolute atomic E-state index is 5.75. The molecule has 0 heterocycles. The Hall–Kier alpha value is -0.930. The molecule has 0 saturated carbocycles. The lowest BCUT2D eigenvalue weighted by molar-refractivity contribution is 0.618. The molecule has 0 aliphatic carbocycles. The third-order valence-electron chi connectivity index (χ3n) is 1.29. The van der Waals surface area contributed by atoms with Gasteiger partial charge in [-0.2, -0.15) is 5.10 Å². The van der Waals surface area contributed by atoms with Gasteiger partial charge in [-0.15, -0.1) is 0 Å². The Bertz CT molecular complexity index is 301. The van der Waals surface area contributed by atoms with Gasteiger partial charge in [-0.1, -0.05) is 17.7 Å². The molecule has 1 rings (SSSR count). The van der Waals surface area contributed by atoms with E-state index in [1.807, 2.05) is 0 Å². The topological polar surface area (TPSA) is 47.6 Å². The van der Waals surface area contributed by atoms with Gasteiger partial charge in [0.2, 0.25) is 0 Å². The Morgan fingerprint density at radius 3 is 2.83 bits per heavy atom. The summed E-state index contributed by atoms with van der Waals surface area (Å²) in [7, 11) is 0. The summed E-state index contributed by atoms with van der Waals surface area (Å²) < 4.78 is 4.52. The molecule has 0 aliphatic heterocycles. The highest BCUT2D eigenvalue weighted by atomic mass is 35.5. The monoisotopic (exact) mass is 204 g/mol. The van der Waals surface area contributed by atoms with E-state index in [2.05, 4.69) is 9.39 Å². The van der Waals surface area contributed by atoms with Crippen LogP contribution in [0.15, 0.2) is 23.3 Å². The van der Waals surface area contributed by atoms with Gasteiger partial charge in [0.1, 0.15) is 11.9 Å². The van der Waals surface area contributed by atoms with Gasteiger partial charge in [0.05, 0.1) is 11.2 Å². The van der Waals surface area contributed by atoms with Crippen molar-refractivity contribution in [1.82, 2.24) is 0 Å². The van der Waals surface area contributed by atoms with Gasteiger partial charge in [0.25, 0.3) is 0 Å². The lowest BCUT2D eigenvalue weighted by atomic mass is 10.2. The summed E-state index contributed by atoms with van der Waals surface area (Å²) in [5.41, 5.74) is 0.639. The fourth-order valence-electron chi connectivity index (χ4n) is 0.789. The third-order valence-corrected chi connectivity index (χ3v) is 1.74. The van der Waals surface area contributed by atoms with Crippen molar-refractivity contribution in [2.75, 3.05) is 0 Å². The van der Waals surface area contributed by atoms with Crippen LogP contribution in [0.1, 0.15) is 5.56 Å². The van der Waals surface area contributed by atoms with Crippen molar-refractivity contribution in [3.8, 4) is 5.75 Å². The number of hydrogen-bond donors (Lipinski definition) is 1. The Labute approximate surface area is 79.9 Å². The second kappa shape index (κ2) is 4.18. The van der Waals surface area contributed by atoms with Crippen molar-refractivity contribution in [1.29, 1.82) is 0 Å². The fourth-order valence-corrected chi connectivity index (χ4v) is 1.22. The first-order valence-electron chi connectivity index (χ1n) is 3.10. The average Bonchev–Trinajstić information content (AvgIpc) is 2.05. The summed E-state index contributed by atoms with van der Waals surface area (Å²) in [4.78, 5) is 0. The van der Waals surface area contributed by atoms with Crippen LogP contribution in [-0.2, 0) is 0 Å². The van der Waals surface area contributed by atoms with Gasteiger partial charge >= 0.3 is 0 Å². The number of nitrogens with zero attached hydrogens (tertiary/aromatic N) is 1. The van der Waals surface area contributed by atoms with E-state index in [-0.39, 0.29) is 0 Å². The highest BCUT2D eigenvalue weighted by Gasteiger charge is 2.05. The number of para-hydroxylation sites is 1. The Morgan fingerprint density at radius 2 is 2.25 bits per heavy atom. The maximum atomic E-state index is 5.75. The first-order chi connectivity index (χ1) is 5.79. The molecule has 1 aromatic rings. The van der Waals surface area contributed by atoms with Crippen molar-refractivity contribution >= 4 is 29.7 Å². The molecule has 12 heavy (non-hydrogen) atoms. The molecule has 64 valence electrons. The molecule has 5 heteroatoms. The van der Waals surface area contributed by atoms with Crippen LogP contribution in [0.2, 0.25) is 5.02 Å². The van der Waals surface area contributed by atoms with Crippen LogP contribution in [0.4, 0.5) is 0 Å². The quantitative estimate of drug-likeness (QED) is 0.456. The molecule has 0 bridgehead atoms. The molecular formula is C7H6Cl2N2O. The predicted octanol–water partition coefficient (Wildman–Crippen LogP) is 2.17. The fraction of sp³-hybridized carbons (Fsp3) is 0. The lowest BCUT2D eigenvalue weighted by Gasteiger charge is -2.01. The number of rotatable bonds is 2. The van der Waals surface area contributed by atoms with Crippen LogP contribution in [0, 0.1) is 0 Å². The van der Waals surface area contributed by atoms with Crippen molar-refractivity contribution in [3.63, 3.8) is 0 Å². The summed E-state index contributed by atoms with van der Waals surface area (Å²) in [6.07, 6.45) is 1.41. The number of benzene rings is 1. The molecule has 1 aromatic carbocycles. The molecule has 0 amide bonds. The predicted molar refractivity (Wildman–Crippen MR) is 49.7 cm³/mol. The molecule has 3 nitrogen and oxygen atoms in total. The Kier molecular flexibility index (Phi) is 3.19. The molecular weight excluding hydrogens is 199 g/mol. The largest absolute Gasteiger partial charge is 0.383 e. The molecule has 0 saturated heterocycles. The first kappa shape index (κ1) is 9.16. The Balaban J connectivity index is 3.18. The summed E-state index contributed by atoms with van der Waals surface area (Å²) in [6.45, 7) is 0. The minimum Gasteiger partial charge on any atom is -0.383 e. The van der Waals surface area contributed by atoms with Gasteiger partial charge in [-0.3, -0.25) is 0 Å². The van der Waals surface area contributed by atoms with Crippen LogP contribution in [-0.4, -0.2) is 6.21 Å². The highest BCUT2D eigenvalue weighted by molar-refractivity contribution is 6.33. The average molecular weight is 205 g/mol. The molecule has 0 radical (unpaired) electrons. The first-order valence-corrected chi connectivity index (χ1v) is 3.78. The molecule has 2 N–H and O–H groups in total. The third kappa shape index (κ3) is 1.81. The molecule has 0 unspecified atom stereocenters. The van der Waals surface area contributed by atoms with E-state index in [1.54, 1.807) is 18.2 Å². The number of hydrazone groups is 1. The molecule has 0 fully saturated rings. The van der Waals surface area contributed by atoms with E-state index in [0.717, 1.165) is 0 Å². The molecule has 0 aliphatic rings. The van der Waals surface area contributed by atoms with Crippen LogP contribution in [0.25, 0.3) is 0 Å². The Morgan fingerprint density at radius 1 is 1.50 bits per heavy atom. The van der Waals surface area contributed by atoms with Crippen molar-refractivity contribution in [3.05, 3.63) is 28.8 Å². The van der Waals surface area contributed by atoms with Gasteiger partial charge < -0.3 is 10.1 Å². The van der Waals surface area contributed by atoms with Crippen LogP contribution in [0.3, 0.4) is 0 Å². The summed E-state index contributed by atoms with van der Waals surface area (Å²) in [6, 6.07) is 5.14. The van der Waals surface area contributed by atoms with Crippen LogP contribution in [0.5, 0.6) is 5.75 Å². The normalized spacial score (nSPS) is 10.5. The zero-order chi connectivity index (χ0) is 8.97. The second-order valence-electron chi connectivity index (χ2n) is 2.01. The van der Waals surface area contributed by atoms with Crippen molar-refractivity contribution in [2.24, 2.45) is 10.9 Å². The molecule has 0 spiro atoms.